The molecule has 1 saturated heterocycles. The van der Waals surface area contributed by atoms with E-state index in [0.717, 1.165) is 30.4 Å². The number of aromatic nitrogens is 2. The van der Waals surface area contributed by atoms with E-state index in [1.807, 2.05) is 25.4 Å². The molecule has 1 aromatic heterocycles. The van der Waals surface area contributed by atoms with Crippen LogP contribution in [0, 0.1) is 0 Å². The summed E-state index contributed by atoms with van der Waals surface area (Å²) in [5.41, 5.74) is 1.95. The molecule has 0 atom stereocenters. The van der Waals surface area contributed by atoms with E-state index in [2.05, 4.69) is 5.10 Å². The van der Waals surface area contributed by atoms with E-state index < -0.39 is 10.0 Å². The number of benzene rings is 1. The van der Waals surface area contributed by atoms with Crippen molar-refractivity contribution in [2.45, 2.75) is 43.5 Å². The number of hydrogen-bond donors (Lipinski definition) is 0. The molecular formula is C20H28N4O3S. The first-order valence-corrected chi connectivity index (χ1v) is 11.1. The third-order valence-electron chi connectivity index (χ3n) is 5.11. The Morgan fingerprint density at radius 2 is 1.79 bits per heavy atom. The number of nitrogens with zero attached hydrogens (tertiary/aromatic N) is 4. The van der Waals surface area contributed by atoms with Gasteiger partial charge in [0.15, 0.2) is 0 Å². The fourth-order valence-corrected chi connectivity index (χ4v) is 4.96. The van der Waals surface area contributed by atoms with Crippen LogP contribution in [0.3, 0.4) is 0 Å². The van der Waals surface area contributed by atoms with Crippen LogP contribution in [0.2, 0.25) is 0 Å². The maximum atomic E-state index is 12.7. The summed E-state index contributed by atoms with van der Waals surface area (Å²) in [4.78, 5) is 14.4. The molecule has 2 heterocycles. The van der Waals surface area contributed by atoms with E-state index in [9.17, 15) is 13.2 Å². The predicted octanol–water partition coefficient (Wildman–Crippen LogP) is 2.19. The van der Waals surface area contributed by atoms with E-state index in [0.29, 0.717) is 37.4 Å². The Morgan fingerprint density at radius 1 is 1.11 bits per heavy atom. The summed E-state index contributed by atoms with van der Waals surface area (Å²) in [6, 6.07) is 6.93. The highest BCUT2D eigenvalue weighted by atomic mass is 32.2. The fourth-order valence-electron chi connectivity index (χ4n) is 3.44. The maximum Gasteiger partial charge on any atom is 0.243 e. The van der Waals surface area contributed by atoms with E-state index >= 15 is 0 Å². The van der Waals surface area contributed by atoms with Crippen LogP contribution in [-0.2, 0) is 34.8 Å². The average molecular weight is 405 g/mol. The molecule has 0 bridgehead atoms. The van der Waals surface area contributed by atoms with Crippen molar-refractivity contribution in [2.75, 3.05) is 20.1 Å². The van der Waals surface area contributed by atoms with Crippen LogP contribution < -0.4 is 0 Å². The Labute approximate surface area is 167 Å². The third kappa shape index (κ3) is 4.99. The lowest BCUT2D eigenvalue weighted by molar-refractivity contribution is -0.130. The average Bonchev–Trinajstić information content (AvgIpc) is 3.11. The van der Waals surface area contributed by atoms with Gasteiger partial charge in [-0.3, -0.25) is 9.48 Å². The van der Waals surface area contributed by atoms with Gasteiger partial charge in [0.2, 0.25) is 15.9 Å². The largest absolute Gasteiger partial charge is 0.341 e. The zero-order valence-electron chi connectivity index (χ0n) is 16.5. The van der Waals surface area contributed by atoms with Gasteiger partial charge in [0.1, 0.15) is 0 Å². The molecule has 3 rings (SSSR count). The van der Waals surface area contributed by atoms with Crippen LogP contribution in [0.5, 0.6) is 0 Å². The molecule has 8 heteroatoms. The zero-order chi connectivity index (χ0) is 20.1. The number of piperidine rings is 1. The first kappa shape index (κ1) is 20.5. The standard InChI is InChI=1S/C20H28N4O3S/c1-22(15-18-14-21-23(2)16-18)20(25)11-8-17-6-9-19(10-7-17)28(26,27)24-12-4-3-5-13-24/h6-7,9-10,14,16H,3-5,8,11-13,15H2,1-2H3. The molecular weight excluding hydrogens is 376 g/mol. The number of carbonyl (C=O) groups excluding carboxylic acids is 1. The highest BCUT2D eigenvalue weighted by Gasteiger charge is 2.25. The van der Waals surface area contributed by atoms with E-state index in [1.54, 1.807) is 39.3 Å². The third-order valence-corrected chi connectivity index (χ3v) is 7.02. The zero-order valence-corrected chi connectivity index (χ0v) is 17.4. The van der Waals surface area contributed by atoms with Crippen molar-refractivity contribution < 1.29 is 13.2 Å². The van der Waals surface area contributed by atoms with E-state index in [-0.39, 0.29) is 5.91 Å². The second-order valence-electron chi connectivity index (χ2n) is 7.38. The van der Waals surface area contributed by atoms with Crippen LogP contribution in [-0.4, -0.2) is 53.4 Å². The Morgan fingerprint density at radius 3 is 2.39 bits per heavy atom. The van der Waals surface area contributed by atoms with Crippen molar-refractivity contribution in [3.63, 3.8) is 0 Å². The summed E-state index contributed by atoms with van der Waals surface area (Å²) in [6.45, 7) is 1.73. The van der Waals surface area contributed by atoms with Gasteiger partial charge in [-0.2, -0.15) is 9.40 Å². The van der Waals surface area contributed by atoms with Gasteiger partial charge in [0, 0.05) is 51.9 Å². The number of hydrogen-bond acceptors (Lipinski definition) is 4. The SMILES string of the molecule is CN(Cc1cnn(C)c1)C(=O)CCc1ccc(S(=O)(=O)N2CCCCC2)cc1. The molecule has 0 unspecified atom stereocenters. The van der Waals surface area contributed by atoms with Crippen molar-refractivity contribution in [3.8, 4) is 0 Å². The Hall–Kier alpha value is -2.19. The Balaban J connectivity index is 1.54. The molecule has 1 amide bonds. The maximum absolute atomic E-state index is 12.7. The number of sulfonamides is 1. The Kier molecular flexibility index (Phi) is 6.51. The number of carbonyl (C=O) groups is 1. The highest BCUT2D eigenvalue weighted by Crippen LogP contribution is 2.21. The molecule has 2 aromatic rings. The molecule has 0 saturated carbocycles. The van der Waals surface area contributed by atoms with Crippen LogP contribution >= 0.6 is 0 Å². The molecule has 0 radical (unpaired) electrons. The smallest absolute Gasteiger partial charge is 0.243 e. The fraction of sp³-hybridized carbons (Fsp3) is 0.500. The van der Waals surface area contributed by atoms with Crippen LogP contribution in [0.1, 0.15) is 36.8 Å². The second kappa shape index (κ2) is 8.87. The van der Waals surface area contributed by atoms with Crippen molar-refractivity contribution in [3.05, 3.63) is 47.8 Å². The number of amides is 1. The van der Waals surface area contributed by atoms with Crippen molar-refractivity contribution >= 4 is 15.9 Å². The number of rotatable bonds is 7. The topological polar surface area (TPSA) is 75.5 Å². The molecule has 1 aromatic carbocycles. The highest BCUT2D eigenvalue weighted by molar-refractivity contribution is 7.89. The monoisotopic (exact) mass is 404 g/mol. The van der Waals surface area contributed by atoms with Crippen molar-refractivity contribution in [1.82, 2.24) is 19.0 Å². The molecule has 0 spiro atoms. The van der Waals surface area contributed by atoms with Crippen LogP contribution in [0.4, 0.5) is 0 Å². The lowest BCUT2D eigenvalue weighted by Crippen LogP contribution is -2.35. The van der Waals surface area contributed by atoms with E-state index in [1.165, 1.54) is 0 Å². The molecule has 1 aliphatic heterocycles. The Bertz CT molecular complexity index is 900. The summed E-state index contributed by atoms with van der Waals surface area (Å²) in [5, 5.41) is 4.11. The molecule has 152 valence electrons. The van der Waals surface area contributed by atoms with Crippen molar-refractivity contribution in [1.29, 1.82) is 0 Å². The summed E-state index contributed by atoms with van der Waals surface area (Å²) < 4.78 is 28.7. The summed E-state index contributed by atoms with van der Waals surface area (Å²) in [5.74, 6) is 0.0499. The van der Waals surface area contributed by atoms with Crippen molar-refractivity contribution in [2.24, 2.45) is 7.05 Å². The minimum atomic E-state index is -3.41. The molecule has 1 fully saturated rings. The summed E-state index contributed by atoms with van der Waals surface area (Å²) in [7, 11) is 0.223. The van der Waals surface area contributed by atoms with Gasteiger partial charge in [0.05, 0.1) is 11.1 Å². The van der Waals surface area contributed by atoms with Gasteiger partial charge in [-0.05, 0) is 37.0 Å². The molecule has 1 aliphatic rings. The van der Waals surface area contributed by atoms with Gasteiger partial charge < -0.3 is 4.90 Å². The van der Waals surface area contributed by atoms with Gasteiger partial charge in [0.25, 0.3) is 0 Å². The van der Waals surface area contributed by atoms with Gasteiger partial charge in [-0.1, -0.05) is 18.6 Å². The normalized spacial score (nSPS) is 15.5. The first-order valence-electron chi connectivity index (χ1n) is 9.67. The second-order valence-corrected chi connectivity index (χ2v) is 9.32. The lowest BCUT2D eigenvalue weighted by atomic mass is 10.1. The molecule has 0 N–H and O–H groups in total. The van der Waals surface area contributed by atoms with Crippen LogP contribution in [0.25, 0.3) is 0 Å². The summed E-state index contributed by atoms with van der Waals surface area (Å²) >= 11 is 0. The minimum absolute atomic E-state index is 0.0499. The van der Waals surface area contributed by atoms with Gasteiger partial charge >= 0.3 is 0 Å². The molecule has 7 nitrogen and oxygen atoms in total. The minimum Gasteiger partial charge on any atom is -0.341 e. The van der Waals surface area contributed by atoms with E-state index in [4.69, 9.17) is 0 Å². The number of aryl methyl sites for hydroxylation is 2. The molecule has 0 aliphatic carbocycles. The molecule has 28 heavy (non-hydrogen) atoms. The quantitative estimate of drug-likeness (QED) is 0.709. The van der Waals surface area contributed by atoms with Gasteiger partial charge in [-0.25, -0.2) is 8.42 Å². The lowest BCUT2D eigenvalue weighted by Gasteiger charge is -2.25. The van der Waals surface area contributed by atoms with Crippen LogP contribution in [0.15, 0.2) is 41.6 Å². The van der Waals surface area contributed by atoms with Gasteiger partial charge in [-0.15, -0.1) is 0 Å². The predicted molar refractivity (Wildman–Crippen MR) is 107 cm³/mol. The summed E-state index contributed by atoms with van der Waals surface area (Å²) in [6.07, 6.45) is 7.55. The first-order chi connectivity index (χ1) is 13.4.